The van der Waals surface area contributed by atoms with Crippen LogP contribution < -0.4 is 9.30 Å². The Balaban J connectivity index is 1.57. The zero-order chi connectivity index (χ0) is 22.1. The van der Waals surface area contributed by atoms with E-state index in [2.05, 4.69) is 85.4 Å². The van der Waals surface area contributed by atoms with Gasteiger partial charge in [0.15, 0.2) is 6.20 Å². The number of aryl methyl sites for hydroxylation is 2. The van der Waals surface area contributed by atoms with Gasteiger partial charge in [0.2, 0.25) is 5.69 Å². The average Bonchev–Trinajstić information content (AvgIpc) is 3.33. The molecule has 1 aromatic heterocycles. The fraction of sp³-hybridized carbons (Fsp3) is 0.258. The first-order chi connectivity index (χ1) is 16.2. The lowest BCUT2D eigenvalue weighted by atomic mass is 9.88. The number of ether oxygens (including phenoxy) is 1. The molecular formula is C31H28NO+. The Morgan fingerprint density at radius 2 is 1.64 bits per heavy atom. The van der Waals surface area contributed by atoms with Crippen molar-refractivity contribution in [3.63, 3.8) is 0 Å². The van der Waals surface area contributed by atoms with Crippen molar-refractivity contribution in [3.05, 3.63) is 78.0 Å². The fourth-order valence-electron chi connectivity index (χ4n) is 6.46. The van der Waals surface area contributed by atoms with Gasteiger partial charge in [-0.2, -0.15) is 0 Å². The first kappa shape index (κ1) is 19.1. The number of nitrogens with zero attached hydrogens (tertiary/aromatic N) is 1. The van der Waals surface area contributed by atoms with Gasteiger partial charge < -0.3 is 4.74 Å². The zero-order valence-electron chi connectivity index (χ0n) is 19.3. The van der Waals surface area contributed by atoms with E-state index in [1.807, 2.05) is 0 Å². The van der Waals surface area contributed by atoms with Crippen LogP contribution in [0.3, 0.4) is 0 Å². The molecule has 0 N–H and O–H groups in total. The molecule has 2 heteroatoms. The van der Waals surface area contributed by atoms with Gasteiger partial charge in [0.1, 0.15) is 18.5 Å². The van der Waals surface area contributed by atoms with Crippen LogP contribution in [0.2, 0.25) is 0 Å². The van der Waals surface area contributed by atoms with Gasteiger partial charge in [0.25, 0.3) is 0 Å². The van der Waals surface area contributed by atoms with Gasteiger partial charge >= 0.3 is 0 Å². The summed E-state index contributed by atoms with van der Waals surface area (Å²) in [5, 5.41) is 7.79. The topological polar surface area (TPSA) is 13.1 Å². The van der Waals surface area contributed by atoms with E-state index in [1.54, 1.807) is 0 Å². The van der Waals surface area contributed by atoms with Crippen molar-refractivity contribution in [2.24, 2.45) is 13.0 Å². The SMILES string of the molecule is Cc1c2c(cc3ccccc13)Oc1cc3cccc(CC4CCCC4)c3c3cc[n+](C)c-2c13. The predicted molar refractivity (Wildman–Crippen MR) is 136 cm³/mol. The molecule has 5 aromatic rings. The number of fused-ring (bicyclic) bond motifs is 5. The molecule has 2 aliphatic rings. The van der Waals surface area contributed by atoms with E-state index in [4.69, 9.17) is 4.74 Å². The second-order valence-electron chi connectivity index (χ2n) is 10.0. The molecule has 1 fully saturated rings. The maximum Gasteiger partial charge on any atom is 0.228 e. The van der Waals surface area contributed by atoms with Crippen LogP contribution in [0.1, 0.15) is 36.8 Å². The normalized spacial score (nSPS) is 15.3. The van der Waals surface area contributed by atoms with Crippen molar-refractivity contribution < 1.29 is 9.30 Å². The Kier molecular flexibility index (Phi) is 4.08. The van der Waals surface area contributed by atoms with Crippen LogP contribution in [0.5, 0.6) is 11.5 Å². The molecule has 1 aliphatic heterocycles. The Morgan fingerprint density at radius 1 is 0.848 bits per heavy atom. The van der Waals surface area contributed by atoms with Gasteiger partial charge in [0.05, 0.1) is 10.9 Å². The maximum absolute atomic E-state index is 6.66. The molecule has 1 aliphatic carbocycles. The molecule has 33 heavy (non-hydrogen) atoms. The highest BCUT2D eigenvalue weighted by Gasteiger charge is 2.31. The summed E-state index contributed by atoms with van der Waals surface area (Å²) < 4.78 is 8.94. The number of rotatable bonds is 2. The molecule has 0 radical (unpaired) electrons. The molecule has 0 saturated heterocycles. The summed E-state index contributed by atoms with van der Waals surface area (Å²) >= 11 is 0. The minimum atomic E-state index is 0.822. The third-order valence-electron chi connectivity index (χ3n) is 8.02. The molecule has 1 saturated carbocycles. The highest BCUT2D eigenvalue weighted by Crippen LogP contribution is 2.50. The smallest absolute Gasteiger partial charge is 0.228 e. The van der Waals surface area contributed by atoms with Gasteiger partial charge in [-0.3, -0.25) is 0 Å². The van der Waals surface area contributed by atoms with Crippen molar-refractivity contribution in [2.75, 3.05) is 0 Å². The van der Waals surface area contributed by atoms with E-state index in [1.165, 1.54) is 86.8 Å². The predicted octanol–water partition coefficient (Wildman–Crippen LogP) is 7.78. The van der Waals surface area contributed by atoms with Crippen molar-refractivity contribution in [2.45, 2.75) is 39.0 Å². The van der Waals surface area contributed by atoms with Crippen molar-refractivity contribution in [3.8, 4) is 22.8 Å². The quantitative estimate of drug-likeness (QED) is 0.202. The van der Waals surface area contributed by atoms with Gasteiger partial charge in [-0.05, 0) is 64.1 Å². The van der Waals surface area contributed by atoms with Crippen LogP contribution in [-0.4, -0.2) is 0 Å². The van der Waals surface area contributed by atoms with E-state index in [0.717, 1.165) is 17.4 Å². The molecule has 0 atom stereocenters. The summed E-state index contributed by atoms with van der Waals surface area (Å²) in [6.07, 6.45) is 8.93. The molecule has 0 unspecified atom stereocenters. The standard InChI is InChI=1S/C31H28NO/c1-19-24-13-6-5-10-21(24)17-26-28(19)31-30-25(14-15-32(31)2)29-22(16-20-8-3-4-9-20)11-7-12-23(29)18-27(30)33-26/h5-7,10-15,17-18,20H,3-4,8-9,16H2,1-2H3/q+1. The van der Waals surface area contributed by atoms with E-state index < -0.39 is 0 Å². The van der Waals surface area contributed by atoms with Crippen molar-refractivity contribution >= 4 is 32.3 Å². The minimum absolute atomic E-state index is 0.822. The molecule has 0 bridgehead atoms. The molecule has 162 valence electrons. The van der Waals surface area contributed by atoms with E-state index in [9.17, 15) is 0 Å². The van der Waals surface area contributed by atoms with E-state index in [0.29, 0.717) is 0 Å². The summed E-state index contributed by atoms with van der Waals surface area (Å²) in [4.78, 5) is 0. The highest BCUT2D eigenvalue weighted by atomic mass is 16.5. The third-order valence-corrected chi connectivity index (χ3v) is 8.02. The lowest BCUT2D eigenvalue weighted by Gasteiger charge is -2.23. The molecule has 0 amide bonds. The summed E-state index contributed by atoms with van der Waals surface area (Å²) in [5.74, 6) is 2.76. The van der Waals surface area contributed by atoms with Gasteiger partial charge in [0, 0.05) is 11.5 Å². The van der Waals surface area contributed by atoms with Gasteiger partial charge in [-0.25, -0.2) is 4.57 Å². The first-order valence-corrected chi connectivity index (χ1v) is 12.3. The Labute approximate surface area is 194 Å². The molecule has 2 heterocycles. The number of benzene rings is 4. The summed E-state index contributed by atoms with van der Waals surface area (Å²) in [5.41, 5.74) is 5.27. The van der Waals surface area contributed by atoms with Crippen molar-refractivity contribution in [1.82, 2.24) is 0 Å². The van der Waals surface area contributed by atoms with E-state index >= 15 is 0 Å². The zero-order valence-corrected chi connectivity index (χ0v) is 19.3. The molecule has 0 spiro atoms. The fourth-order valence-corrected chi connectivity index (χ4v) is 6.46. The van der Waals surface area contributed by atoms with Gasteiger partial charge in [-0.1, -0.05) is 68.1 Å². The largest absolute Gasteiger partial charge is 0.456 e. The lowest BCUT2D eigenvalue weighted by Crippen LogP contribution is -2.31. The lowest BCUT2D eigenvalue weighted by molar-refractivity contribution is -0.659. The third kappa shape index (κ3) is 2.76. The number of pyridine rings is 1. The minimum Gasteiger partial charge on any atom is -0.456 e. The molecule has 2 nitrogen and oxygen atoms in total. The Bertz CT molecular complexity index is 1590. The van der Waals surface area contributed by atoms with Crippen LogP contribution >= 0.6 is 0 Å². The monoisotopic (exact) mass is 430 g/mol. The van der Waals surface area contributed by atoms with Crippen molar-refractivity contribution in [1.29, 1.82) is 0 Å². The number of hydrogen-bond donors (Lipinski definition) is 0. The Morgan fingerprint density at radius 3 is 2.52 bits per heavy atom. The van der Waals surface area contributed by atoms with Crippen LogP contribution in [-0.2, 0) is 13.5 Å². The maximum atomic E-state index is 6.66. The number of aromatic nitrogens is 1. The Hall–Kier alpha value is -3.39. The van der Waals surface area contributed by atoms with Gasteiger partial charge in [-0.15, -0.1) is 0 Å². The van der Waals surface area contributed by atoms with Crippen LogP contribution in [0, 0.1) is 12.8 Å². The molecular weight excluding hydrogens is 402 g/mol. The number of hydrogen-bond acceptors (Lipinski definition) is 1. The summed E-state index contributed by atoms with van der Waals surface area (Å²) in [6, 6.07) is 22.2. The molecule has 7 rings (SSSR count). The summed E-state index contributed by atoms with van der Waals surface area (Å²) in [7, 11) is 2.16. The highest BCUT2D eigenvalue weighted by molar-refractivity contribution is 6.16. The van der Waals surface area contributed by atoms with Crippen LogP contribution in [0.15, 0.2) is 66.9 Å². The van der Waals surface area contributed by atoms with E-state index in [-0.39, 0.29) is 0 Å². The van der Waals surface area contributed by atoms with Crippen LogP contribution in [0.4, 0.5) is 0 Å². The molecule has 4 aromatic carbocycles. The second-order valence-corrected chi connectivity index (χ2v) is 10.0. The second kappa shape index (κ2) is 7.05. The summed E-state index contributed by atoms with van der Waals surface area (Å²) in [6.45, 7) is 2.24. The average molecular weight is 431 g/mol. The van der Waals surface area contributed by atoms with Crippen LogP contribution in [0.25, 0.3) is 43.6 Å². The first-order valence-electron chi connectivity index (χ1n) is 12.3.